The van der Waals surface area contributed by atoms with E-state index < -0.39 is 6.36 Å². The van der Waals surface area contributed by atoms with Gasteiger partial charge in [-0.25, -0.2) is 4.98 Å². The second-order valence-electron chi connectivity index (χ2n) is 6.75. The van der Waals surface area contributed by atoms with Crippen LogP contribution in [0, 0.1) is 6.92 Å². The lowest BCUT2D eigenvalue weighted by Gasteiger charge is -2.34. The summed E-state index contributed by atoms with van der Waals surface area (Å²) in [7, 11) is 1.79. The Kier molecular flexibility index (Phi) is 4.85. The number of ether oxygens (including phenoxy) is 1. The molecule has 7 nitrogen and oxygen atoms in total. The number of piperazine rings is 1. The van der Waals surface area contributed by atoms with Gasteiger partial charge in [0.05, 0.1) is 10.2 Å². The van der Waals surface area contributed by atoms with Crippen molar-refractivity contribution in [2.75, 3.05) is 31.1 Å². The molecule has 3 aromatic rings. The topological polar surface area (TPSA) is 63.5 Å². The minimum absolute atomic E-state index is 0.105. The van der Waals surface area contributed by atoms with E-state index in [0.717, 1.165) is 5.69 Å². The number of halogens is 3. The molecule has 0 aliphatic carbocycles. The summed E-state index contributed by atoms with van der Waals surface area (Å²) in [4.78, 5) is 20.9. The summed E-state index contributed by atoms with van der Waals surface area (Å²) in [5.74, 6) is -0.368. The molecular weight excluding hydrogens is 407 g/mol. The summed E-state index contributed by atoms with van der Waals surface area (Å²) >= 11 is 1.30. The normalized spacial score (nSPS) is 15.2. The zero-order chi connectivity index (χ0) is 20.8. The molecular formula is C18H18F3N5O2S. The van der Waals surface area contributed by atoms with Gasteiger partial charge in [-0.05, 0) is 25.1 Å². The number of carbonyl (C=O) groups is 1. The number of alkyl halides is 3. The van der Waals surface area contributed by atoms with E-state index in [-0.39, 0.29) is 11.7 Å². The van der Waals surface area contributed by atoms with E-state index in [0.29, 0.717) is 47.2 Å². The molecule has 0 radical (unpaired) electrons. The van der Waals surface area contributed by atoms with Crippen LogP contribution in [0.25, 0.3) is 10.2 Å². The lowest BCUT2D eigenvalue weighted by Crippen LogP contribution is -2.48. The van der Waals surface area contributed by atoms with Crippen molar-refractivity contribution in [1.29, 1.82) is 0 Å². The summed E-state index contributed by atoms with van der Waals surface area (Å²) in [6.07, 6.45) is -4.73. The lowest BCUT2D eigenvalue weighted by atomic mass is 10.2. The van der Waals surface area contributed by atoms with E-state index in [2.05, 4.69) is 14.8 Å². The highest BCUT2D eigenvalue weighted by Crippen LogP contribution is 2.33. The molecule has 11 heteroatoms. The fourth-order valence-electron chi connectivity index (χ4n) is 3.15. The average molecular weight is 425 g/mol. The van der Waals surface area contributed by atoms with Gasteiger partial charge in [-0.1, -0.05) is 11.3 Å². The molecule has 2 aromatic heterocycles. The number of hydrogen-bond donors (Lipinski definition) is 0. The zero-order valence-corrected chi connectivity index (χ0v) is 16.5. The number of aryl methyl sites for hydroxylation is 2. The molecule has 0 saturated carbocycles. The maximum absolute atomic E-state index is 12.6. The van der Waals surface area contributed by atoms with Crippen LogP contribution in [0.15, 0.2) is 24.3 Å². The van der Waals surface area contributed by atoms with Crippen LogP contribution in [-0.4, -0.2) is 58.1 Å². The van der Waals surface area contributed by atoms with Crippen molar-refractivity contribution in [3.63, 3.8) is 0 Å². The first kappa shape index (κ1) is 19.5. The number of thiazole rings is 1. The average Bonchev–Trinajstić information content (AvgIpc) is 3.23. The molecule has 0 bridgehead atoms. The molecule has 154 valence electrons. The van der Waals surface area contributed by atoms with E-state index in [1.165, 1.54) is 29.5 Å². The maximum atomic E-state index is 12.6. The van der Waals surface area contributed by atoms with Crippen LogP contribution in [-0.2, 0) is 7.05 Å². The second-order valence-corrected chi connectivity index (χ2v) is 7.76. The molecule has 0 unspecified atom stereocenters. The summed E-state index contributed by atoms with van der Waals surface area (Å²) in [6, 6.07) is 5.88. The number of benzene rings is 1. The van der Waals surface area contributed by atoms with Gasteiger partial charge in [0.1, 0.15) is 5.75 Å². The molecule has 3 heterocycles. The van der Waals surface area contributed by atoms with E-state index in [9.17, 15) is 18.0 Å². The fraction of sp³-hybridized carbons (Fsp3) is 0.389. The quantitative estimate of drug-likeness (QED) is 0.645. The first-order valence-electron chi connectivity index (χ1n) is 8.91. The highest BCUT2D eigenvalue weighted by Gasteiger charge is 2.31. The number of carbonyl (C=O) groups excluding carboxylic acids is 1. The van der Waals surface area contributed by atoms with E-state index in [1.807, 2.05) is 11.8 Å². The lowest BCUT2D eigenvalue weighted by molar-refractivity contribution is -0.274. The van der Waals surface area contributed by atoms with Gasteiger partial charge in [0.2, 0.25) is 0 Å². The summed E-state index contributed by atoms with van der Waals surface area (Å²) in [6.45, 7) is 4.10. The van der Waals surface area contributed by atoms with Crippen LogP contribution >= 0.6 is 11.3 Å². The Morgan fingerprint density at radius 1 is 1.17 bits per heavy atom. The number of fused-ring (bicyclic) bond motifs is 1. The SMILES string of the molecule is Cc1cc(C(=O)N2CCN(c3nc4ccc(OC(F)(F)F)cc4s3)CC2)nn1C. The van der Waals surface area contributed by atoms with Gasteiger partial charge in [-0.15, -0.1) is 13.2 Å². The third-order valence-corrected chi connectivity index (χ3v) is 5.83. The molecule has 29 heavy (non-hydrogen) atoms. The number of hydrogen-bond acceptors (Lipinski definition) is 6. The van der Waals surface area contributed by atoms with Crippen LogP contribution < -0.4 is 9.64 Å². The van der Waals surface area contributed by atoms with Crippen molar-refractivity contribution < 1.29 is 22.7 Å². The Hall–Kier alpha value is -2.82. The fourth-order valence-corrected chi connectivity index (χ4v) is 4.20. The molecule has 1 amide bonds. The van der Waals surface area contributed by atoms with Crippen molar-refractivity contribution >= 4 is 32.6 Å². The smallest absolute Gasteiger partial charge is 0.406 e. The van der Waals surface area contributed by atoms with Crippen molar-refractivity contribution in [1.82, 2.24) is 19.7 Å². The summed E-state index contributed by atoms with van der Waals surface area (Å²) in [5, 5.41) is 4.95. The zero-order valence-electron chi connectivity index (χ0n) is 15.7. The van der Waals surface area contributed by atoms with Gasteiger partial charge in [0, 0.05) is 45.0 Å². The molecule has 1 aromatic carbocycles. The summed E-state index contributed by atoms with van der Waals surface area (Å²) < 4.78 is 43.5. The van der Waals surface area contributed by atoms with Crippen LogP contribution in [0.1, 0.15) is 16.2 Å². The van der Waals surface area contributed by atoms with Gasteiger partial charge in [-0.2, -0.15) is 5.10 Å². The molecule has 1 saturated heterocycles. The van der Waals surface area contributed by atoms with Crippen LogP contribution in [0.2, 0.25) is 0 Å². The van der Waals surface area contributed by atoms with Crippen molar-refractivity contribution in [2.24, 2.45) is 7.05 Å². The maximum Gasteiger partial charge on any atom is 0.573 e. The van der Waals surface area contributed by atoms with Gasteiger partial charge >= 0.3 is 6.36 Å². The number of anilines is 1. The summed E-state index contributed by atoms with van der Waals surface area (Å²) in [5.41, 5.74) is 1.95. The standard InChI is InChI=1S/C18H18F3N5O2S/c1-11-9-14(23-24(11)2)16(27)25-5-7-26(8-6-25)17-22-13-4-3-12(10-15(13)29-17)28-18(19,20)21/h3-4,9-10H,5-8H2,1-2H3. The second kappa shape index (κ2) is 7.21. The van der Waals surface area contributed by atoms with Crippen LogP contribution in [0.5, 0.6) is 5.75 Å². The van der Waals surface area contributed by atoms with Gasteiger partial charge in [0.25, 0.3) is 5.91 Å². The largest absolute Gasteiger partial charge is 0.573 e. The number of rotatable bonds is 3. The van der Waals surface area contributed by atoms with Crippen molar-refractivity contribution in [3.8, 4) is 5.75 Å². The number of aromatic nitrogens is 3. The molecule has 1 fully saturated rings. The van der Waals surface area contributed by atoms with Gasteiger partial charge in [0.15, 0.2) is 10.8 Å². The molecule has 1 aliphatic heterocycles. The molecule has 0 spiro atoms. The monoisotopic (exact) mass is 425 g/mol. The Balaban J connectivity index is 1.44. The van der Waals surface area contributed by atoms with E-state index in [4.69, 9.17) is 0 Å². The number of amides is 1. The van der Waals surface area contributed by atoms with Crippen molar-refractivity contribution in [2.45, 2.75) is 13.3 Å². The number of nitrogens with zero attached hydrogens (tertiary/aromatic N) is 5. The first-order chi connectivity index (χ1) is 13.7. The highest BCUT2D eigenvalue weighted by atomic mass is 32.1. The van der Waals surface area contributed by atoms with Gasteiger partial charge in [-0.3, -0.25) is 9.48 Å². The highest BCUT2D eigenvalue weighted by molar-refractivity contribution is 7.22. The Labute approximate surface area is 168 Å². The Morgan fingerprint density at radius 3 is 2.52 bits per heavy atom. The molecule has 1 aliphatic rings. The van der Waals surface area contributed by atoms with Crippen LogP contribution in [0.4, 0.5) is 18.3 Å². The molecule has 4 rings (SSSR count). The third-order valence-electron chi connectivity index (χ3n) is 4.75. The Morgan fingerprint density at radius 2 is 1.90 bits per heavy atom. The predicted molar refractivity (Wildman–Crippen MR) is 102 cm³/mol. The Bertz CT molecular complexity index is 1030. The minimum atomic E-state index is -4.73. The van der Waals surface area contributed by atoms with Gasteiger partial charge < -0.3 is 14.5 Å². The first-order valence-corrected chi connectivity index (χ1v) is 9.72. The van der Waals surface area contributed by atoms with E-state index in [1.54, 1.807) is 22.7 Å². The van der Waals surface area contributed by atoms with Crippen LogP contribution in [0.3, 0.4) is 0 Å². The molecule has 0 N–H and O–H groups in total. The molecule has 0 atom stereocenters. The van der Waals surface area contributed by atoms with E-state index >= 15 is 0 Å². The predicted octanol–water partition coefficient (Wildman–Crippen LogP) is 3.20. The minimum Gasteiger partial charge on any atom is -0.406 e. The third kappa shape index (κ3) is 4.14. The van der Waals surface area contributed by atoms with Crippen molar-refractivity contribution in [3.05, 3.63) is 35.7 Å².